The minimum Gasteiger partial charge on any atom is -0.493 e. The van der Waals surface area contributed by atoms with Crippen LogP contribution in [0.3, 0.4) is 0 Å². The van der Waals surface area contributed by atoms with Crippen LogP contribution in [0.15, 0.2) is 48.0 Å². The number of nitrogens with zero attached hydrogens (tertiary/aromatic N) is 1. The maximum Gasteiger partial charge on any atom is 0.127 e. The highest BCUT2D eigenvalue weighted by Crippen LogP contribution is 2.40. The summed E-state index contributed by atoms with van der Waals surface area (Å²) in [7, 11) is 1.00. The lowest BCUT2D eigenvalue weighted by molar-refractivity contribution is -0.108. The Morgan fingerprint density at radius 3 is 2.57 bits per heavy atom. The molecule has 0 bridgehead atoms. The van der Waals surface area contributed by atoms with E-state index < -0.39 is 0 Å². The zero-order valence-electron chi connectivity index (χ0n) is 17.3. The molecule has 4 rings (SSSR count). The van der Waals surface area contributed by atoms with Crippen LogP contribution in [0, 0.1) is 5.82 Å². The Morgan fingerprint density at radius 1 is 1.13 bits per heavy atom. The van der Waals surface area contributed by atoms with E-state index in [1.54, 1.807) is 0 Å². The highest BCUT2D eigenvalue weighted by molar-refractivity contribution is 5.87. The lowest BCUT2D eigenvalue weighted by Crippen LogP contribution is -2.26. The topological polar surface area (TPSA) is 59.0 Å². The molecule has 5 nitrogen and oxygen atoms in total. The first-order chi connectivity index (χ1) is 14.7. The van der Waals surface area contributed by atoms with Crippen molar-refractivity contribution in [3.05, 3.63) is 65.0 Å². The van der Waals surface area contributed by atoms with Crippen LogP contribution in [0.2, 0.25) is 0 Å². The number of carbonyl (C=O) groups is 1. The molecular weight excluding hydrogens is 385 g/mol. The van der Waals surface area contributed by atoms with Crippen molar-refractivity contribution in [3.63, 3.8) is 0 Å². The maximum atomic E-state index is 13.5. The van der Waals surface area contributed by atoms with Gasteiger partial charge in [0.15, 0.2) is 0 Å². The highest BCUT2D eigenvalue weighted by atomic mass is 19.1. The minimum atomic E-state index is -0.247. The molecule has 0 amide bonds. The van der Waals surface area contributed by atoms with E-state index in [-0.39, 0.29) is 5.82 Å². The molecule has 2 aromatic rings. The molecule has 1 fully saturated rings. The van der Waals surface area contributed by atoms with Crippen LogP contribution in [-0.4, -0.2) is 56.3 Å². The van der Waals surface area contributed by atoms with Crippen molar-refractivity contribution in [2.24, 2.45) is 0 Å². The summed E-state index contributed by atoms with van der Waals surface area (Å²) in [6.07, 6.45) is 3.66. The molecule has 2 aliphatic rings. The molecular formula is C24H28FNO4. The Balaban J connectivity index is 0.00000124. The molecule has 0 unspecified atom stereocenters. The number of ether oxygens (including phenoxy) is 2. The number of hydrogen-bond donors (Lipinski definition) is 1. The monoisotopic (exact) mass is 413 g/mol. The third-order valence-corrected chi connectivity index (χ3v) is 5.23. The van der Waals surface area contributed by atoms with E-state index in [2.05, 4.69) is 4.90 Å². The third-order valence-electron chi connectivity index (χ3n) is 5.23. The van der Waals surface area contributed by atoms with Crippen molar-refractivity contribution in [2.75, 3.05) is 40.0 Å². The van der Waals surface area contributed by atoms with Crippen LogP contribution >= 0.6 is 0 Å². The van der Waals surface area contributed by atoms with Crippen LogP contribution in [0.1, 0.15) is 30.4 Å². The Bertz CT molecular complexity index is 873. The van der Waals surface area contributed by atoms with Crippen LogP contribution in [-0.2, 0) is 4.79 Å². The summed E-state index contributed by atoms with van der Waals surface area (Å²) in [4.78, 5) is 13.0. The van der Waals surface area contributed by atoms with Gasteiger partial charge in [-0.25, -0.2) is 4.39 Å². The lowest BCUT2D eigenvalue weighted by atomic mass is 9.90. The molecule has 0 radical (unpaired) electrons. The molecule has 2 aromatic carbocycles. The first kappa shape index (κ1) is 22.0. The van der Waals surface area contributed by atoms with Crippen molar-refractivity contribution >= 4 is 11.9 Å². The molecule has 6 heteroatoms. The molecule has 160 valence electrons. The van der Waals surface area contributed by atoms with Crippen molar-refractivity contribution < 1.29 is 23.8 Å². The van der Waals surface area contributed by atoms with E-state index in [0.29, 0.717) is 25.4 Å². The fourth-order valence-electron chi connectivity index (χ4n) is 3.88. The Labute approximate surface area is 176 Å². The smallest absolute Gasteiger partial charge is 0.127 e. The summed E-state index contributed by atoms with van der Waals surface area (Å²) in [5, 5.41) is 7.00. The standard InChI is InChI=1S/C23H24FNO3.CH4O/c24-19-6-4-17(5-7-19)23-18(15-25-10-1-2-11-25)16-28-22-9-8-20(14-21(22)23)27-13-3-12-26;1-2/h4-9,12,14H,1-3,10-11,13,15-16H2;2H,1H3. The van der Waals surface area contributed by atoms with E-state index in [1.807, 2.05) is 30.3 Å². The summed E-state index contributed by atoms with van der Waals surface area (Å²) in [6, 6.07) is 12.4. The van der Waals surface area contributed by atoms with Gasteiger partial charge in [0.05, 0.1) is 6.61 Å². The molecule has 2 aliphatic heterocycles. The SMILES string of the molecule is CO.O=CCCOc1ccc2c(c1)C(c1ccc(F)cc1)=C(CN1CCCC1)CO2. The summed E-state index contributed by atoms with van der Waals surface area (Å²) in [5.41, 5.74) is 4.22. The fraction of sp³-hybridized carbons (Fsp3) is 0.375. The van der Waals surface area contributed by atoms with Gasteiger partial charge in [0.25, 0.3) is 0 Å². The average Bonchev–Trinajstić information content (AvgIpc) is 3.29. The third kappa shape index (κ3) is 5.26. The molecule has 0 saturated carbocycles. The minimum absolute atomic E-state index is 0.247. The van der Waals surface area contributed by atoms with Crippen molar-refractivity contribution in [3.8, 4) is 11.5 Å². The second-order valence-corrected chi connectivity index (χ2v) is 7.22. The summed E-state index contributed by atoms with van der Waals surface area (Å²) >= 11 is 0. The summed E-state index contributed by atoms with van der Waals surface area (Å²) in [5.74, 6) is 1.25. The van der Waals surface area contributed by atoms with Crippen LogP contribution < -0.4 is 9.47 Å². The first-order valence-electron chi connectivity index (χ1n) is 10.2. The number of aliphatic hydroxyl groups is 1. The Morgan fingerprint density at radius 2 is 1.87 bits per heavy atom. The Kier molecular flexibility index (Phi) is 7.99. The molecule has 1 saturated heterocycles. The molecule has 1 N–H and O–H groups in total. The largest absolute Gasteiger partial charge is 0.493 e. The summed E-state index contributed by atoms with van der Waals surface area (Å²) in [6.45, 7) is 3.92. The zero-order chi connectivity index (χ0) is 21.3. The number of hydrogen-bond acceptors (Lipinski definition) is 5. The summed E-state index contributed by atoms with van der Waals surface area (Å²) < 4.78 is 25.3. The van der Waals surface area contributed by atoms with Crippen molar-refractivity contribution in [2.45, 2.75) is 19.3 Å². The molecule has 0 atom stereocenters. The van der Waals surface area contributed by atoms with E-state index in [9.17, 15) is 9.18 Å². The van der Waals surface area contributed by atoms with E-state index in [4.69, 9.17) is 14.6 Å². The number of rotatable bonds is 7. The molecule has 0 aromatic heterocycles. The quantitative estimate of drug-likeness (QED) is 0.554. The second kappa shape index (κ2) is 10.9. The van der Waals surface area contributed by atoms with E-state index in [1.165, 1.54) is 30.5 Å². The number of fused-ring (bicyclic) bond motifs is 1. The van der Waals surface area contributed by atoms with Gasteiger partial charge in [0, 0.05) is 25.6 Å². The van der Waals surface area contributed by atoms with Gasteiger partial charge in [0.1, 0.15) is 30.2 Å². The zero-order valence-corrected chi connectivity index (χ0v) is 17.3. The normalized spacial score (nSPS) is 15.7. The van der Waals surface area contributed by atoms with Crippen LogP contribution in [0.25, 0.3) is 5.57 Å². The highest BCUT2D eigenvalue weighted by Gasteiger charge is 2.24. The maximum absolute atomic E-state index is 13.5. The van der Waals surface area contributed by atoms with Gasteiger partial charge in [-0.1, -0.05) is 12.1 Å². The lowest BCUT2D eigenvalue weighted by Gasteiger charge is -2.27. The average molecular weight is 413 g/mol. The van der Waals surface area contributed by atoms with E-state index in [0.717, 1.165) is 55.5 Å². The van der Waals surface area contributed by atoms with Gasteiger partial charge in [-0.05, 0) is 73.0 Å². The first-order valence-corrected chi connectivity index (χ1v) is 10.2. The number of aliphatic hydroxyl groups excluding tert-OH is 1. The molecule has 0 spiro atoms. The Hall–Kier alpha value is -2.70. The number of benzene rings is 2. The van der Waals surface area contributed by atoms with Crippen molar-refractivity contribution in [1.82, 2.24) is 4.90 Å². The molecule has 0 aliphatic carbocycles. The number of likely N-dealkylation sites (tertiary alicyclic amines) is 1. The van der Waals surface area contributed by atoms with Gasteiger partial charge < -0.3 is 19.4 Å². The second-order valence-electron chi connectivity index (χ2n) is 7.22. The van der Waals surface area contributed by atoms with E-state index >= 15 is 0 Å². The number of halogens is 1. The van der Waals surface area contributed by atoms with Gasteiger partial charge >= 0.3 is 0 Å². The fourth-order valence-corrected chi connectivity index (χ4v) is 3.88. The van der Waals surface area contributed by atoms with Gasteiger partial charge in [-0.3, -0.25) is 4.90 Å². The van der Waals surface area contributed by atoms with Crippen LogP contribution in [0.4, 0.5) is 4.39 Å². The van der Waals surface area contributed by atoms with Gasteiger partial charge in [-0.15, -0.1) is 0 Å². The van der Waals surface area contributed by atoms with Crippen LogP contribution in [0.5, 0.6) is 11.5 Å². The predicted molar refractivity (Wildman–Crippen MR) is 114 cm³/mol. The van der Waals surface area contributed by atoms with Crippen molar-refractivity contribution in [1.29, 1.82) is 0 Å². The number of carbonyl (C=O) groups excluding carboxylic acids is 1. The number of aldehydes is 1. The predicted octanol–water partition coefficient (Wildman–Crippen LogP) is 3.69. The van der Waals surface area contributed by atoms with Gasteiger partial charge in [0.2, 0.25) is 0 Å². The molecule has 2 heterocycles. The van der Waals surface area contributed by atoms with Gasteiger partial charge in [-0.2, -0.15) is 0 Å². The molecule has 30 heavy (non-hydrogen) atoms.